The Bertz CT molecular complexity index is 1050. The highest BCUT2D eigenvalue weighted by molar-refractivity contribution is 6.16. The Kier molecular flexibility index (Phi) is 6.95. The first-order chi connectivity index (χ1) is 14.4. The van der Waals surface area contributed by atoms with Gasteiger partial charge in [0.15, 0.2) is 0 Å². The van der Waals surface area contributed by atoms with Crippen LogP contribution < -0.4 is 25.8 Å². The van der Waals surface area contributed by atoms with Crippen molar-refractivity contribution in [3.05, 3.63) is 45.6 Å². The van der Waals surface area contributed by atoms with Crippen LogP contribution in [-0.4, -0.2) is 55.0 Å². The van der Waals surface area contributed by atoms with E-state index >= 15 is 0 Å². The largest absolute Gasteiger partial charge is 0.497 e. The second-order valence-corrected chi connectivity index (χ2v) is 7.37. The molecule has 2 heterocycles. The van der Waals surface area contributed by atoms with Gasteiger partial charge in [-0.15, -0.1) is 0 Å². The average molecular weight is 411 g/mol. The van der Waals surface area contributed by atoms with E-state index in [0.29, 0.717) is 18.0 Å². The molecule has 3 N–H and O–H groups in total. The third kappa shape index (κ3) is 4.91. The molecule has 1 aliphatic heterocycles. The zero-order chi connectivity index (χ0) is 21.7. The summed E-state index contributed by atoms with van der Waals surface area (Å²) >= 11 is 0. The summed E-state index contributed by atoms with van der Waals surface area (Å²) in [5.41, 5.74) is 2.95. The number of nitrogens with zero attached hydrogens (tertiary/aromatic N) is 1. The van der Waals surface area contributed by atoms with Crippen LogP contribution >= 0.6 is 0 Å². The SMILES string of the molecule is CCN(CC)CCCNC(=O)c1[nH]c(C=c2cc(OC)cc3c2=CC(=O)N3)cc1C. The van der Waals surface area contributed by atoms with Gasteiger partial charge in [0.05, 0.1) is 12.8 Å². The van der Waals surface area contributed by atoms with Crippen molar-refractivity contribution in [2.45, 2.75) is 27.2 Å². The van der Waals surface area contributed by atoms with Crippen LogP contribution in [0.2, 0.25) is 0 Å². The normalized spacial score (nSPS) is 13.2. The minimum Gasteiger partial charge on any atom is -0.497 e. The Balaban J connectivity index is 1.77. The van der Waals surface area contributed by atoms with Crippen LogP contribution in [0.5, 0.6) is 5.75 Å². The molecule has 30 heavy (non-hydrogen) atoms. The number of aromatic amines is 1. The first kappa shape index (κ1) is 21.6. The summed E-state index contributed by atoms with van der Waals surface area (Å²) < 4.78 is 5.35. The number of anilines is 1. The van der Waals surface area contributed by atoms with Crippen molar-refractivity contribution >= 4 is 29.7 Å². The molecule has 0 bridgehead atoms. The summed E-state index contributed by atoms with van der Waals surface area (Å²) in [4.78, 5) is 29.9. The monoisotopic (exact) mass is 410 g/mol. The van der Waals surface area contributed by atoms with Crippen molar-refractivity contribution in [2.75, 3.05) is 38.6 Å². The lowest BCUT2D eigenvalue weighted by Gasteiger charge is -2.17. The lowest BCUT2D eigenvalue weighted by molar-refractivity contribution is -0.110. The van der Waals surface area contributed by atoms with E-state index in [1.807, 2.05) is 25.1 Å². The smallest absolute Gasteiger partial charge is 0.267 e. The lowest BCUT2D eigenvalue weighted by Crippen LogP contribution is -2.30. The summed E-state index contributed by atoms with van der Waals surface area (Å²) in [6, 6.07) is 5.60. The van der Waals surface area contributed by atoms with Crippen LogP contribution in [0.15, 0.2) is 18.2 Å². The van der Waals surface area contributed by atoms with Gasteiger partial charge >= 0.3 is 0 Å². The molecule has 0 aliphatic carbocycles. The maximum atomic E-state index is 12.6. The summed E-state index contributed by atoms with van der Waals surface area (Å²) in [6.07, 6.45) is 4.40. The van der Waals surface area contributed by atoms with Crippen LogP contribution in [0, 0.1) is 6.92 Å². The second-order valence-electron chi connectivity index (χ2n) is 7.37. The van der Waals surface area contributed by atoms with Gasteiger partial charge in [-0.1, -0.05) is 13.8 Å². The highest BCUT2D eigenvalue weighted by Crippen LogP contribution is 2.14. The fraction of sp³-hybridized carbons (Fsp3) is 0.391. The molecule has 7 nitrogen and oxygen atoms in total. The van der Waals surface area contributed by atoms with Gasteiger partial charge in [0.2, 0.25) is 5.91 Å². The molecule has 0 atom stereocenters. The Morgan fingerprint density at radius 1 is 1.23 bits per heavy atom. The number of rotatable bonds is 9. The molecule has 1 aromatic carbocycles. The van der Waals surface area contributed by atoms with Gasteiger partial charge in [-0.3, -0.25) is 9.59 Å². The predicted molar refractivity (Wildman–Crippen MR) is 119 cm³/mol. The molecule has 0 unspecified atom stereocenters. The fourth-order valence-electron chi connectivity index (χ4n) is 3.65. The van der Waals surface area contributed by atoms with E-state index in [1.54, 1.807) is 19.3 Å². The number of nitrogens with one attached hydrogen (secondary N) is 3. The summed E-state index contributed by atoms with van der Waals surface area (Å²) in [5, 5.41) is 7.46. The number of hydrogen-bond donors (Lipinski definition) is 3. The van der Waals surface area contributed by atoms with Gasteiger partial charge in [-0.2, -0.15) is 0 Å². The molecule has 0 spiro atoms. The van der Waals surface area contributed by atoms with Crippen molar-refractivity contribution in [1.29, 1.82) is 0 Å². The molecular weight excluding hydrogens is 380 g/mol. The molecular formula is C23H30N4O3. The average Bonchev–Trinajstić information content (AvgIpc) is 3.29. The van der Waals surface area contributed by atoms with E-state index < -0.39 is 0 Å². The number of aromatic nitrogens is 1. The standard InChI is InChI=1S/C23H30N4O3/c1-5-27(6-2)9-7-8-24-23(29)22-15(3)10-17(25-22)11-16-12-18(30-4)13-20-19(16)14-21(28)26-20/h10-14,25H,5-9H2,1-4H3,(H,24,29)(H,26,28). The predicted octanol–water partition coefficient (Wildman–Crippen LogP) is 1.35. The Labute approximate surface area is 176 Å². The first-order valence-electron chi connectivity index (χ1n) is 10.4. The quantitative estimate of drug-likeness (QED) is 0.545. The highest BCUT2D eigenvalue weighted by atomic mass is 16.5. The number of methoxy groups -OCH3 is 1. The molecule has 160 valence electrons. The number of H-pyrrole nitrogens is 1. The van der Waals surface area contributed by atoms with E-state index in [9.17, 15) is 9.59 Å². The number of fused-ring (bicyclic) bond motifs is 1. The number of ether oxygens (including phenoxy) is 1. The molecule has 1 aliphatic rings. The van der Waals surface area contributed by atoms with E-state index in [4.69, 9.17) is 4.74 Å². The van der Waals surface area contributed by atoms with E-state index in [1.165, 1.54) is 0 Å². The van der Waals surface area contributed by atoms with Crippen LogP contribution in [0.4, 0.5) is 5.69 Å². The van der Waals surface area contributed by atoms with Gasteiger partial charge in [0, 0.05) is 29.6 Å². The molecule has 2 aromatic rings. The number of aryl methyl sites for hydroxylation is 1. The Morgan fingerprint density at radius 2 is 2.00 bits per heavy atom. The van der Waals surface area contributed by atoms with Crippen molar-refractivity contribution in [3.63, 3.8) is 0 Å². The van der Waals surface area contributed by atoms with Gasteiger partial charge in [0.1, 0.15) is 11.4 Å². The van der Waals surface area contributed by atoms with Crippen molar-refractivity contribution in [1.82, 2.24) is 15.2 Å². The van der Waals surface area contributed by atoms with Crippen molar-refractivity contribution in [3.8, 4) is 5.75 Å². The summed E-state index contributed by atoms with van der Waals surface area (Å²) in [6.45, 7) is 9.84. The van der Waals surface area contributed by atoms with Crippen molar-refractivity contribution < 1.29 is 14.3 Å². The fourth-order valence-corrected chi connectivity index (χ4v) is 3.65. The minimum absolute atomic E-state index is 0.106. The van der Waals surface area contributed by atoms with Crippen molar-refractivity contribution in [2.24, 2.45) is 0 Å². The number of benzene rings is 1. The molecule has 0 radical (unpaired) electrons. The first-order valence-corrected chi connectivity index (χ1v) is 10.4. The van der Waals surface area contributed by atoms with Crippen LogP contribution in [0.1, 0.15) is 42.0 Å². The Morgan fingerprint density at radius 3 is 2.70 bits per heavy atom. The van der Waals surface area contributed by atoms with Gasteiger partial charge in [0.25, 0.3) is 5.91 Å². The van der Waals surface area contributed by atoms with Gasteiger partial charge < -0.3 is 25.3 Å². The molecule has 0 fully saturated rings. The number of carbonyl (C=O) groups is 2. The molecule has 2 amide bonds. The van der Waals surface area contributed by atoms with Crippen LogP contribution in [-0.2, 0) is 4.79 Å². The molecule has 1 aromatic heterocycles. The van der Waals surface area contributed by atoms with E-state index in [-0.39, 0.29) is 11.8 Å². The number of amides is 2. The highest BCUT2D eigenvalue weighted by Gasteiger charge is 2.14. The molecule has 0 saturated carbocycles. The molecule has 3 rings (SSSR count). The minimum atomic E-state index is -0.152. The van der Waals surface area contributed by atoms with E-state index in [2.05, 4.69) is 34.4 Å². The number of hydrogen-bond acceptors (Lipinski definition) is 4. The van der Waals surface area contributed by atoms with Crippen LogP contribution in [0.25, 0.3) is 12.2 Å². The third-order valence-corrected chi connectivity index (χ3v) is 5.36. The number of carbonyl (C=O) groups excluding carboxylic acids is 2. The second kappa shape index (κ2) is 9.63. The van der Waals surface area contributed by atoms with Gasteiger partial charge in [-0.05, 0) is 62.0 Å². The van der Waals surface area contributed by atoms with Crippen LogP contribution in [0.3, 0.4) is 0 Å². The Hall–Kier alpha value is -3.06. The third-order valence-electron chi connectivity index (χ3n) is 5.36. The molecule has 0 saturated heterocycles. The summed E-state index contributed by atoms with van der Waals surface area (Å²) in [7, 11) is 1.59. The zero-order valence-electron chi connectivity index (χ0n) is 18.1. The summed E-state index contributed by atoms with van der Waals surface area (Å²) in [5.74, 6) is 0.399. The topological polar surface area (TPSA) is 86.5 Å². The molecule has 7 heteroatoms. The van der Waals surface area contributed by atoms with E-state index in [0.717, 1.165) is 53.4 Å². The van der Waals surface area contributed by atoms with Gasteiger partial charge in [-0.25, -0.2) is 0 Å². The maximum Gasteiger partial charge on any atom is 0.267 e. The maximum absolute atomic E-state index is 12.6. The lowest BCUT2D eigenvalue weighted by atomic mass is 10.1. The zero-order valence-corrected chi connectivity index (χ0v) is 18.1.